The summed E-state index contributed by atoms with van der Waals surface area (Å²) in [5.41, 5.74) is 2.88. The predicted octanol–water partition coefficient (Wildman–Crippen LogP) is 4.72. The van der Waals surface area contributed by atoms with Gasteiger partial charge in [0.25, 0.3) is 0 Å². The van der Waals surface area contributed by atoms with E-state index in [4.69, 9.17) is 4.74 Å². The monoisotopic (exact) mass is 332 g/mol. The number of halogens is 1. The predicted molar refractivity (Wildman–Crippen MR) is 84.5 cm³/mol. The van der Waals surface area contributed by atoms with E-state index in [1.54, 1.807) is 19.1 Å². The molecule has 0 amide bonds. The molecule has 1 atom stereocenters. The molecule has 0 aliphatic heterocycles. The molecular formula is C17H17BrO2. The number of hydrogen-bond donors (Lipinski definition) is 0. The minimum Gasteiger partial charge on any atom is -0.482 e. The lowest BCUT2D eigenvalue weighted by atomic mass is 10.1. The van der Waals surface area contributed by atoms with E-state index in [0.717, 1.165) is 15.8 Å². The van der Waals surface area contributed by atoms with E-state index in [-0.39, 0.29) is 5.78 Å². The maximum atomic E-state index is 12.3. The number of Topliss-reactive ketones (excluding diaryl/α,β-unsaturated/α-hetero) is 1. The summed E-state index contributed by atoms with van der Waals surface area (Å²) in [5, 5.41) is 0. The van der Waals surface area contributed by atoms with Crippen LogP contribution in [-0.2, 0) is 0 Å². The molecule has 0 bridgehead atoms. The van der Waals surface area contributed by atoms with Gasteiger partial charge in [0.2, 0.25) is 5.78 Å². The minimum absolute atomic E-state index is 0.0162. The summed E-state index contributed by atoms with van der Waals surface area (Å²) < 4.78 is 6.74. The third-order valence-corrected chi connectivity index (χ3v) is 3.66. The number of ether oxygens (including phenoxy) is 1. The van der Waals surface area contributed by atoms with Crippen molar-refractivity contribution < 1.29 is 9.53 Å². The first-order valence-corrected chi connectivity index (χ1v) is 7.30. The van der Waals surface area contributed by atoms with E-state index in [1.807, 2.05) is 44.2 Å². The Labute approximate surface area is 127 Å². The second-order valence-corrected chi connectivity index (χ2v) is 5.82. The van der Waals surface area contributed by atoms with Crippen molar-refractivity contribution >= 4 is 21.7 Å². The van der Waals surface area contributed by atoms with Crippen LogP contribution < -0.4 is 4.74 Å². The quantitative estimate of drug-likeness (QED) is 0.757. The Balaban J connectivity index is 2.13. The van der Waals surface area contributed by atoms with Crippen molar-refractivity contribution in [1.82, 2.24) is 0 Å². The maximum Gasteiger partial charge on any atom is 0.202 e. The van der Waals surface area contributed by atoms with Gasteiger partial charge in [-0.3, -0.25) is 4.79 Å². The summed E-state index contributed by atoms with van der Waals surface area (Å²) in [7, 11) is 0. The van der Waals surface area contributed by atoms with Gasteiger partial charge in [-0.25, -0.2) is 0 Å². The Kier molecular flexibility index (Phi) is 4.61. The largest absolute Gasteiger partial charge is 0.482 e. The molecule has 0 aromatic heterocycles. The molecule has 0 saturated carbocycles. The first-order valence-electron chi connectivity index (χ1n) is 6.51. The Morgan fingerprint density at radius 1 is 1.10 bits per heavy atom. The van der Waals surface area contributed by atoms with Gasteiger partial charge in [-0.2, -0.15) is 0 Å². The van der Waals surface area contributed by atoms with Gasteiger partial charge >= 0.3 is 0 Å². The zero-order valence-electron chi connectivity index (χ0n) is 11.8. The Morgan fingerprint density at radius 2 is 1.75 bits per heavy atom. The van der Waals surface area contributed by atoms with Gasteiger partial charge in [-0.15, -0.1) is 0 Å². The summed E-state index contributed by atoms with van der Waals surface area (Å²) >= 11 is 3.36. The first kappa shape index (κ1) is 14.8. The standard InChI is InChI=1S/C17H17BrO2/c1-11-4-9-16(12(2)10-11)20-13(3)17(19)14-5-7-15(18)8-6-14/h4-10,13H,1-3H3. The van der Waals surface area contributed by atoms with Crippen molar-refractivity contribution in [3.8, 4) is 5.75 Å². The van der Waals surface area contributed by atoms with Crippen LogP contribution in [0.1, 0.15) is 28.4 Å². The highest BCUT2D eigenvalue weighted by Crippen LogP contribution is 2.21. The van der Waals surface area contributed by atoms with Crippen LogP contribution in [0.25, 0.3) is 0 Å². The molecule has 0 radical (unpaired) electrons. The van der Waals surface area contributed by atoms with Gasteiger partial charge < -0.3 is 4.74 Å². The van der Waals surface area contributed by atoms with Crippen LogP contribution in [0.5, 0.6) is 5.75 Å². The van der Waals surface area contributed by atoms with E-state index >= 15 is 0 Å². The normalized spacial score (nSPS) is 12.0. The van der Waals surface area contributed by atoms with Crippen molar-refractivity contribution in [2.24, 2.45) is 0 Å². The lowest BCUT2D eigenvalue weighted by Gasteiger charge is -2.16. The van der Waals surface area contributed by atoms with Crippen LogP contribution in [0.2, 0.25) is 0 Å². The molecule has 2 rings (SSSR count). The van der Waals surface area contributed by atoms with E-state index in [0.29, 0.717) is 5.56 Å². The Bertz CT molecular complexity index is 617. The van der Waals surface area contributed by atoms with Gasteiger partial charge in [-0.1, -0.05) is 45.8 Å². The van der Waals surface area contributed by atoms with Crippen molar-refractivity contribution in [2.45, 2.75) is 26.9 Å². The molecule has 2 nitrogen and oxygen atoms in total. The Morgan fingerprint density at radius 3 is 2.35 bits per heavy atom. The van der Waals surface area contributed by atoms with E-state index in [9.17, 15) is 4.79 Å². The molecule has 0 N–H and O–H groups in total. The molecule has 0 heterocycles. The van der Waals surface area contributed by atoms with E-state index < -0.39 is 6.10 Å². The van der Waals surface area contributed by atoms with Crippen LogP contribution in [0, 0.1) is 13.8 Å². The number of hydrogen-bond acceptors (Lipinski definition) is 2. The molecule has 1 unspecified atom stereocenters. The van der Waals surface area contributed by atoms with Crippen molar-refractivity contribution in [1.29, 1.82) is 0 Å². The second-order valence-electron chi connectivity index (χ2n) is 4.90. The third-order valence-electron chi connectivity index (χ3n) is 3.13. The number of aryl methyl sites for hydroxylation is 2. The zero-order chi connectivity index (χ0) is 14.7. The van der Waals surface area contributed by atoms with Crippen LogP contribution in [0.15, 0.2) is 46.9 Å². The lowest BCUT2D eigenvalue weighted by molar-refractivity contribution is 0.0817. The number of ketones is 1. The Hall–Kier alpha value is -1.61. The average molecular weight is 333 g/mol. The smallest absolute Gasteiger partial charge is 0.202 e. The molecular weight excluding hydrogens is 316 g/mol. The van der Waals surface area contributed by atoms with E-state index in [1.165, 1.54) is 5.56 Å². The number of rotatable bonds is 4. The fraction of sp³-hybridized carbons (Fsp3) is 0.235. The molecule has 20 heavy (non-hydrogen) atoms. The van der Waals surface area contributed by atoms with Gasteiger partial charge in [0.1, 0.15) is 5.75 Å². The third kappa shape index (κ3) is 3.48. The summed E-state index contributed by atoms with van der Waals surface area (Å²) in [6.07, 6.45) is -0.502. The van der Waals surface area contributed by atoms with Gasteiger partial charge in [0, 0.05) is 10.0 Å². The van der Waals surface area contributed by atoms with Crippen LogP contribution in [-0.4, -0.2) is 11.9 Å². The van der Waals surface area contributed by atoms with Crippen molar-refractivity contribution in [3.63, 3.8) is 0 Å². The number of carbonyl (C=O) groups is 1. The number of benzene rings is 2. The van der Waals surface area contributed by atoms with Gasteiger partial charge in [0.05, 0.1) is 0 Å². The fourth-order valence-electron chi connectivity index (χ4n) is 2.02. The SMILES string of the molecule is Cc1ccc(OC(C)C(=O)c2ccc(Br)cc2)c(C)c1. The number of carbonyl (C=O) groups excluding carboxylic acids is 1. The molecule has 0 spiro atoms. The topological polar surface area (TPSA) is 26.3 Å². The van der Waals surface area contributed by atoms with Crippen molar-refractivity contribution in [2.75, 3.05) is 0 Å². The molecule has 0 aliphatic carbocycles. The summed E-state index contributed by atoms with van der Waals surface area (Å²) in [6, 6.07) is 13.3. The summed E-state index contributed by atoms with van der Waals surface area (Å²) in [6.45, 7) is 5.80. The minimum atomic E-state index is -0.502. The first-order chi connectivity index (χ1) is 9.47. The molecule has 0 fully saturated rings. The van der Waals surface area contributed by atoms with Crippen LogP contribution >= 0.6 is 15.9 Å². The van der Waals surface area contributed by atoms with Gasteiger partial charge in [-0.05, 0) is 44.5 Å². The summed E-state index contributed by atoms with van der Waals surface area (Å²) in [4.78, 5) is 12.3. The second kappa shape index (κ2) is 6.23. The average Bonchev–Trinajstić information content (AvgIpc) is 2.42. The fourth-order valence-corrected chi connectivity index (χ4v) is 2.29. The maximum absolute atomic E-state index is 12.3. The van der Waals surface area contributed by atoms with Crippen LogP contribution in [0.4, 0.5) is 0 Å². The van der Waals surface area contributed by atoms with E-state index in [2.05, 4.69) is 15.9 Å². The highest BCUT2D eigenvalue weighted by Gasteiger charge is 2.17. The summed E-state index contributed by atoms with van der Waals surface area (Å²) in [5.74, 6) is 0.742. The molecule has 2 aromatic rings. The lowest BCUT2D eigenvalue weighted by Crippen LogP contribution is -2.24. The molecule has 0 aliphatic rings. The zero-order valence-corrected chi connectivity index (χ0v) is 13.4. The van der Waals surface area contributed by atoms with Gasteiger partial charge in [0.15, 0.2) is 6.10 Å². The highest BCUT2D eigenvalue weighted by molar-refractivity contribution is 9.10. The highest BCUT2D eigenvalue weighted by atomic mass is 79.9. The van der Waals surface area contributed by atoms with Crippen molar-refractivity contribution in [3.05, 3.63) is 63.6 Å². The molecule has 104 valence electrons. The molecule has 3 heteroatoms. The molecule has 2 aromatic carbocycles. The molecule has 0 saturated heterocycles. The van der Waals surface area contributed by atoms with Crippen LogP contribution in [0.3, 0.4) is 0 Å².